The number of carbonyl (C=O) groups is 2. The second kappa shape index (κ2) is 10.3. The number of ether oxygens (including phenoxy) is 1. The van der Waals surface area contributed by atoms with E-state index in [-0.39, 0.29) is 24.7 Å². The van der Waals surface area contributed by atoms with Crippen LogP contribution in [0, 0.1) is 6.92 Å². The standard InChI is InChI=1S/C20H22ClN3O3/c1-3-27-18-9-8-16(21)12-15(18)13-22-24-20(26)11-10-19(25)23-17-7-5-4-6-14(17)2/h4-9,12-13H,3,10-11H2,1-2H3,(H,23,25)(H,24,26). The summed E-state index contributed by atoms with van der Waals surface area (Å²) in [7, 11) is 0. The van der Waals surface area contributed by atoms with Crippen LogP contribution >= 0.6 is 11.6 Å². The Morgan fingerprint density at radius 3 is 2.63 bits per heavy atom. The van der Waals surface area contributed by atoms with Crippen LogP contribution in [0.25, 0.3) is 0 Å². The van der Waals surface area contributed by atoms with Gasteiger partial charge in [0.1, 0.15) is 5.75 Å². The number of carbonyl (C=O) groups excluding carboxylic acids is 2. The Morgan fingerprint density at radius 1 is 1.15 bits per heavy atom. The quantitative estimate of drug-likeness (QED) is 0.532. The van der Waals surface area contributed by atoms with Crippen molar-refractivity contribution >= 4 is 35.3 Å². The smallest absolute Gasteiger partial charge is 0.240 e. The molecule has 0 fully saturated rings. The molecule has 0 radical (unpaired) electrons. The summed E-state index contributed by atoms with van der Waals surface area (Å²) in [6, 6.07) is 12.6. The van der Waals surface area contributed by atoms with Crippen molar-refractivity contribution in [2.75, 3.05) is 11.9 Å². The molecular formula is C20H22ClN3O3. The third kappa shape index (κ3) is 6.75. The van der Waals surface area contributed by atoms with Crippen LogP contribution in [0.2, 0.25) is 5.02 Å². The number of nitrogens with zero attached hydrogens (tertiary/aromatic N) is 1. The number of nitrogens with one attached hydrogen (secondary N) is 2. The fraction of sp³-hybridized carbons (Fsp3) is 0.250. The summed E-state index contributed by atoms with van der Waals surface area (Å²) in [6.45, 7) is 4.29. The van der Waals surface area contributed by atoms with Gasteiger partial charge in [-0.15, -0.1) is 0 Å². The maximum Gasteiger partial charge on any atom is 0.240 e. The number of para-hydroxylation sites is 1. The summed E-state index contributed by atoms with van der Waals surface area (Å²) >= 11 is 5.97. The van der Waals surface area contributed by atoms with E-state index in [1.807, 2.05) is 38.1 Å². The normalized spacial score (nSPS) is 10.6. The number of hydrogen-bond acceptors (Lipinski definition) is 4. The first-order valence-corrected chi connectivity index (χ1v) is 8.97. The third-order valence-electron chi connectivity index (χ3n) is 3.66. The van der Waals surface area contributed by atoms with E-state index in [0.717, 1.165) is 11.3 Å². The number of amides is 2. The number of anilines is 1. The van der Waals surface area contributed by atoms with Crippen LogP contribution in [-0.2, 0) is 9.59 Å². The van der Waals surface area contributed by atoms with Gasteiger partial charge in [-0.1, -0.05) is 29.8 Å². The fourth-order valence-electron chi connectivity index (χ4n) is 2.29. The first kappa shape index (κ1) is 20.5. The van der Waals surface area contributed by atoms with Crippen LogP contribution in [0.5, 0.6) is 5.75 Å². The van der Waals surface area contributed by atoms with Gasteiger partial charge in [-0.05, 0) is 43.7 Å². The first-order chi connectivity index (χ1) is 13.0. The van der Waals surface area contributed by atoms with Crippen molar-refractivity contribution < 1.29 is 14.3 Å². The highest BCUT2D eigenvalue weighted by molar-refractivity contribution is 6.30. The van der Waals surface area contributed by atoms with E-state index in [4.69, 9.17) is 16.3 Å². The molecule has 2 N–H and O–H groups in total. The molecule has 0 aliphatic rings. The van der Waals surface area contributed by atoms with Crippen LogP contribution < -0.4 is 15.5 Å². The van der Waals surface area contributed by atoms with E-state index >= 15 is 0 Å². The molecule has 0 bridgehead atoms. The Morgan fingerprint density at radius 2 is 1.89 bits per heavy atom. The topological polar surface area (TPSA) is 79.8 Å². The second-order valence-corrected chi connectivity index (χ2v) is 6.21. The molecule has 6 nitrogen and oxygen atoms in total. The van der Waals surface area contributed by atoms with Crippen LogP contribution in [0.1, 0.15) is 30.9 Å². The molecule has 0 atom stereocenters. The van der Waals surface area contributed by atoms with Crippen LogP contribution in [0.4, 0.5) is 5.69 Å². The summed E-state index contributed by atoms with van der Waals surface area (Å²) in [4.78, 5) is 23.8. The lowest BCUT2D eigenvalue weighted by Crippen LogP contribution is -2.20. The monoisotopic (exact) mass is 387 g/mol. The van der Waals surface area contributed by atoms with E-state index in [1.54, 1.807) is 18.2 Å². The zero-order valence-electron chi connectivity index (χ0n) is 15.3. The van der Waals surface area contributed by atoms with Crippen molar-refractivity contribution in [3.05, 3.63) is 58.6 Å². The van der Waals surface area contributed by atoms with Gasteiger partial charge in [0.25, 0.3) is 0 Å². The molecule has 27 heavy (non-hydrogen) atoms. The molecule has 7 heteroatoms. The number of rotatable bonds is 8. The molecule has 2 amide bonds. The van der Waals surface area contributed by atoms with Gasteiger partial charge in [-0.25, -0.2) is 5.43 Å². The maximum absolute atomic E-state index is 12.0. The van der Waals surface area contributed by atoms with Gasteiger partial charge >= 0.3 is 0 Å². The van der Waals surface area contributed by atoms with Crippen molar-refractivity contribution in [3.8, 4) is 5.75 Å². The van der Waals surface area contributed by atoms with E-state index in [2.05, 4.69) is 15.8 Å². The molecule has 0 saturated carbocycles. The van der Waals surface area contributed by atoms with Crippen LogP contribution in [0.15, 0.2) is 47.6 Å². The van der Waals surface area contributed by atoms with Crippen LogP contribution in [-0.4, -0.2) is 24.6 Å². The Labute approximate surface area is 163 Å². The highest BCUT2D eigenvalue weighted by atomic mass is 35.5. The zero-order valence-corrected chi connectivity index (χ0v) is 16.0. The van der Waals surface area contributed by atoms with Crippen LogP contribution in [0.3, 0.4) is 0 Å². The molecule has 0 heterocycles. The largest absolute Gasteiger partial charge is 0.493 e. The second-order valence-electron chi connectivity index (χ2n) is 5.77. The van der Waals surface area contributed by atoms with E-state index in [0.29, 0.717) is 22.9 Å². The van der Waals surface area contributed by atoms with E-state index in [9.17, 15) is 9.59 Å². The molecule has 0 unspecified atom stereocenters. The van der Waals surface area contributed by atoms with E-state index < -0.39 is 0 Å². The number of hydrazone groups is 1. The SMILES string of the molecule is CCOc1ccc(Cl)cc1C=NNC(=O)CCC(=O)Nc1ccccc1C. The van der Waals surface area contributed by atoms with E-state index in [1.165, 1.54) is 6.21 Å². The lowest BCUT2D eigenvalue weighted by Gasteiger charge is -2.08. The van der Waals surface area contributed by atoms with Crippen molar-refractivity contribution in [1.82, 2.24) is 5.43 Å². The Bertz CT molecular complexity index is 837. The summed E-state index contributed by atoms with van der Waals surface area (Å²) in [5.74, 6) is 0.0422. The molecule has 2 rings (SSSR count). The van der Waals surface area contributed by atoms with Gasteiger partial charge in [-0.2, -0.15) is 5.10 Å². The maximum atomic E-state index is 12.0. The highest BCUT2D eigenvalue weighted by Crippen LogP contribution is 2.21. The van der Waals surface area contributed by atoms with Gasteiger partial charge < -0.3 is 10.1 Å². The zero-order chi connectivity index (χ0) is 19.6. The molecule has 0 aliphatic carbocycles. The molecule has 2 aromatic rings. The third-order valence-corrected chi connectivity index (χ3v) is 3.90. The summed E-state index contributed by atoms with van der Waals surface area (Å²) in [5, 5.41) is 7.23. The number of benzene rings is 2. The summed E-state index contributed by atoms with van der Waals surface area (Å²) in [5.41, 5.74) is 4.76. The molecule has 0 spiro atoms. The minimum atomic E-state index is -0.355. The average Bonchev–Trinajstić information content (AvgIpc) is 2.64. The Kier molecular flexibility index (Phi) is 7.82. The molecule has 0 aliphatic heterocycles. The minimum absolute atomic E-state index is 0.0307. The first-order valence-electron chi connectivity index (χ1n) is 8.59. The van der Waals surface area contributed by atoms with Gasteiger partial charge in [0.2, 0.25) is 11.8 Å². The lowest BCUT2D eigenvalue weighted by molar-refractivity contribution is -0.124. The molecule has 142 valence electrons. The summed E-state index contributed by atoms with van der Waals surface area (Å²) in [6.07, 6.45) is 1.56. The molecular weight excluding hydrogens is 366 g/mol. The molecule has 0 saturated heterocycles. The fourth-order valence-corrected chi connectivity index (χ4v) is 2.47. The minimum Gasteiger partial charge on any atom is -0.493 e. The Balaban J connectivity index is 1.82. The van der Waals surface area contributed by atoms with Gasteiger partial charge in [0, 0.05) is 29.1 Å². The van der Waals surface area contributed by atoms with Crippen molar-refractivity contribution in [1.29, 1.82) is 0 Å². The number of hydrogen-bond donors (Lipinski definition) is 2. The van der Waals surface area contributed by atoms with Crippen molar-refractivity contribution in [3.63, 3.8) is 0 Å². The Hall–Kier alpha value is -2.86. The van der Waals surface area contributed by atoms with Crippen molar-refractivity contribution in [2.24, 2.45) is 5.10 Å². The molecule has 2 aromatic carbocycles. The number of aryl methyl sites for hydroxylation is 1. The molecule has 0 aromatic heterocycles. The number of halogens is 1. The summed E-state index contributed by atoms with van der Waals surface area (Å²) < 4.78 is 5.48. The average molecular weight is 388 g/mol. The van der Waals surface area contributed by atoms with Gasteiger partial charge in [-0.3, -0.25) is 9.59 Å². The highest BCUT2D eigenvalue weighted by Gasteiger charge is 2.08. The lowest BCUT2D eigenvalue weighted by atomic mass is 10.2. The predicted octanol–water partition coefficient (Wildman–Crippen LogP) is 3.92. The van der Waals surface area contributed by atoms with Gasteiger partial charge in [0.05, 0.1) is 12.8 Å². The predicted molar refractivity (Wildman–Crippen MR) is 107 cm³/mol. The van der Waals surface area contributed by atoms with Crippen molar-refractivity contribution in [2.45, 2.75) is 26.7 Å². The van der Waals surface area contributed by atoms with Gasteiger partial charge in [0.15, 0.2) is 0 Å².